The molecule has 32 heavy (non-hydrogen) atoms. The molecule has 5 heteroatoms. The molecule has 0 saturated carbocycles. The summed E-state index contributed by atoms with van der Waals surface area (Å²) in [5, 5.41) is 3.39. The molecule has 0 fully saturated rings. The van der Waals surface area contributed by atoms with Crippen molar-refractivity contribution in [3.8, 4) is 0 Å². The normalized spacial score (nSPS) is 14.6. The summed E-state index contributed by atoms with van der Waals surface area (Å²) in [6.07, 6.45) is 12.4. The van der Waals surface area contributed by atoms with Gasteiger partial charge in [-0.2, -0.15) is 0 Å². The molecule has 0 heterocycles. The Labute approximate surface area is 197 Å². The lowest BCUT2D eigenvalue weighted by atomic mass is 9.89. The number of rotatable bonds is 13. The fourth-order valence-corrected chi connectivity index (χ4v) is 5.85. The summed E-state index contributed by atoms with van der Waals surface area (Å²) in [7, 11) is -3.57. The average molecular weight is 461 g/mol. The second kappa shape index (κ2) is 12.7. The van der Waals surface area contributed by atoms with E-state index in [1.165, 1.54) is 18.4 Å². The predicted octanol–water partition coefficient (Wildman–Crippen LogP) is 6.37. The van der Waals surface area contributed by atoms with Gasteiger partial charge in [0.2, 0.25) is 10.0 Å². The van der Waals surface area contributed by atoms with Crippen molar-refractivity contribution < 1.29 is 8.42 Å². The Morgan fingerprint density at radius 3 is 2.03 bits per heavy atom. The van der Waals surface area contributed by atoms with Crippen molar-refractivity contribution in [2.24, 2.45) is 0 Å². The molecule has 180 valence electrons. The standard InChI is InChI=1S/C27H44N2O2S/c1-20(2)24-18-25(21(3)4)27(26(19-24)22(5)6)32(30,31)29-17-16-28-15-11-10-14-23-12-8-7-9-13-23/h7-8,13,18-22,28-29H,9-12,14-17H2,1-6H3. The summed E-state index contributed by atoms with van der Waals surface area (Å²) in [5.74, 6) is 0.654. The molecule has 1 aromatic carbocycles. The molecule has 2 N–H and O–H groups in total. The molecule has 1 aromatic rings. The van der Waals surface area contributed by atoms with Crippen molar-refractivity contribution in [2.45, 2.75) is 96.3 Å². The lowest BCUT2D eigenvalue weighted by Gasteiger charge is -2.23. The highest BCUT2D eigenvalue weighted by Gasteiger charge is 2.26. The van der Waals surface area contributed by atoms with Gasteiger partial charge in [-0.05, 0) is 73.1 Å². The minimum Gasteiger partial charge on any atom is -0.315 e. The van der Waals surface area contributed by atoms with Crippen LogP contribution in [0.15, 0.2) is 40.8 Å². The molecule has 1 aliphatic rings. The Balaban J connectivity index is 1.92. The lowest BCUT2D eigenvalue weighted by Crippen LogP contribution is -2.33. The van der Waals surface area contributed by atoms with Gasteiger partial charge in [-0.1, -0.05) is 77.5 Å². The highest BCUT2D eigenvalue weighted by atomic mass is 32.2. The van der Waals surface area contributed by atoms with E-state index in [-0.39, 0.29) is 11.8 Å². The number of nitrogens with one attached hydrogen (secondary N) is 2. The Bertz CT molecular complexity index is 867. The van der Waals surface area contributed by atoms with Gasteiger partial charge in [0.15, 0.2) is 0 Å². The van der Waals surface area contributed by atoms with Gasteiger partial charge in [-0.15, -0.1) is 0 Å². The molecule has 0 amide bonds. The van der Waals surface area contributed by atoms with Gasteiger partial charge < -0.3 is 5.32 Å². The van der Waals surface area contributed by atoms with E-state index < -0.39 is 10.0 Å². The van der Waals surface area contributed by atoms with Crippen molar-refractivity contribution in [1.82, 2.24) is 10.0 Å². The van der Waals surface area contributed by atoms with E-state index in [4.69, 9.17) is 0 Å². The zero-order valence-electron chi connectivity index (χ0n) is 21.0. The average Bonchev–Trinajstić information content (AvgIpc) is 2.75. The van der Waals surface area contributed by atoms with Crippen molar-refractivity contribution in [3.63, 3.8) is 0 Å². The number of hydrogen-bond donors (Lipinski definition) is 2. The minimum atomic E-state index is -3.57. The fourth-order valence-electron chi connectivity index (χ4n) is 4.13. The Hall–Kier alpha value is -1.43. The van der Waals surface area contributed by atoms with Crippen LogP contribution >= 0.6 is 0 Å². The van der Waals surface area contributed by atoms with Crippen LogP contribution in [0.2, 0.25) is 0 Å². The predicted molar refractivity (Wildman–Crippen MR) is 137 cm³/mol. The number of unbranched alkanes of at least 4 members (excludes halogenated alkanes) is 1. The van der Waals surface area contributed by atoms with E-state index in [9.17, 15) is 8.42 Å². The molecule has 0 spiro atoms. The first-order valence-corrected chi connectivity index (χ1v) is 13.8. The third-order valence-corrected chi connectivity index (χ3v) is 7.73. The summed E-state index contributed by atoms with van der Waals surface area (Å²) in [6, 6.07) is 4.18. The molecular weight excluding hydrogens is 416 g/mol. The number of allylic oxidation sites excluding steroid dienone is 4. The summed E-state index contributed by atoms with van der Waals surface area (Å²) < 4.78 is 29.5. The first-order valence-electron chi connectivity index (χ1n) is 12.3. The molecule has 0 aliphatic heterocycles. The molecular formula is C27H44N2O2S. The smallest absolute Gasteiger partial charge is 0.241 e. The van der Waals surface area contributed by atoms with Crippen LogP contribution in [0.5, 0.6) is 0 Å². The largest absolute Gasteiger partial charge is 0.315 e. The van der Waals surface area contributed by atoms with E-state index in [0.29, 0.717) is 23.9 Å². The highest BCUT2D eigenvalue weighted by Crippen LogP contribution is 2.34. The first kappa shape index (κ1) is 26.8. The van der Waals surface area contributed by atoms with E-state index in [1.54, 1.807) is 5.57 Å². The van der Waals surface area contributed by atoms with Gasteiger partial charge in [-0.3, -0.25) is 0 Å². The monoisotopic (exact) mass is 460 g/mol. The minimum absolute atomic E-state index is 0.144. The van der Waals surface area contributed by atoms with E-state index in [1.807, 2.05) is 0 Å². The molecule has 1 aliphatic carbocycles. The van der Waals surface area contributed by atoms with Crippen LogP contribution < -0.4 is 10.0 Å². The molecule has 4 nitrogen and oxygen atoms in total. The van der Waals surface area contributed by atoms with Gasteiger partial charge in [0.25, 0.3) is 0 Å². The zero-order chi connectivity index (χ0) is 23.7. The zero-order valence-corrected chi connectivity index (χ0v) is 21.8. The maximum absolute atomic E-state index is 13.3. The van der Waals surface area contributed by atoms with Crippen LogP contribution in [0.25, 0.3) is 0 Å². The Morgan fingerprint density at radius 2 is 1.50 bits per heavy atom. The SMILES string of the molecule is CC(C)c1cc(C(C)C)c(S(=O)(=O)NCCNCCCCC2=CCC=CC2)c(C(C)C)c1. The lowest BCUT2D eigenvalue weighted by molar-refractivity contribution is 0.567. The summed E-state index contributed by atoms with van der Waals surface area (Å²) in [6.45, 7) is 14.6. The second-order valence-corrected chi connectivity index (χ2v) is 11.6. The maximum atomic E-state index is 13.3. The van der Waals surface area contributed by atoms with Crippen LogP contribution in [0.3, 0.4) is 0 Å². The molecule has 0 aromatic heterocycles. The van der Waals surface area contributed by atoms with Crippen molar-refractivity contribution in [1.29, 1.82) is 0 Å². The van der Waals surface area contributed by atoms with Crippen molar-refractivity contribution >= 4 is 10.0 Å². The third kappa shape index (κ3) is 7.86. The van der Waals surface area contributed by atoms with E-state index in [2.05, 4.69) is 81.9 Å². The van der Waals surface area contributed by atoms with E-state index in [0.717, 1.165) is 36.9 Å². The summed E-state index contributed by atoms with van der Waals surface area (Å²) in [5.41, 5.74) is 4.60. The number of sulfonamides is 1. The Kier molecular flexibility index (Phi) is 10.7. The van der Waals surface area contributed by atoms with Crippen LogP contribution in [-0.2, 0) is 10.0 Å². The van der Waals surface area contributed by atoms with Gasteiger partial charge in [0.1, 0.15) is 0 Å². The van der Waals surface area contributed by atoms with Crippen molar-refractivity contribution in [3.05, 3.63) is 52.6 Å². The van der Waals surface area contributed by atoms with Crippen LogP contribution in [0.1, 0.15) is 108 Å². The third-order valence-electron chi connectivity index (χ3n) is 6.13. The molecule has 0 radical (unpaired) electrons. The maximum Gasteiger partial charge on any atom is 0.241 e. The molecule has 0 bridgehead atoms. The highest BCUT2D eigenvalue weighted by molar-refractivity contribution is 7.89. The van der Waals surface area contributed by atoms with Crippen LogP contribution in [-0.4, -0.2) is 28.1 Å². The second-order valence-electron chi connectivity index (χ2n) is 9.87. The van der Waals surface area contributed by atoms with Gasteiger partial charge in [-0.25, -0.2) is 13.1 Å². The number of benzene rings is 1. The fraction of sp³-hybridized carbons (Fsp3) is 0.630. The van der Waals surface area contributed by atoms with Crippen LogP contribution in [0.4, 0.5) is 0 Å². The first-order chi connectivity index (χ1) is 15.1. The van der Waals surface area contributed by atoms with Gasteiger partial charge in [0, 0.05) is 13.1 Å². The number of hydrogen-bond acceptors (Lipinski definition) is 3. The molecule has 0 saturated heterocycles. The van der Waals surface area contributed by atoms with Crippen molar-refractivity contribution in [2.75, 3.05) is 19.6 Å². The summed E-state index contributed by atoms with van der Waals surface area (Å²) >= 11 is 0. The van der Waals surface area contributed by atoms with Crippen LogP contribution in [0, 0.1) is 0 Å². The molecule has 2 rings (SSSR count). The quantitative estimate of drug-likeness (QED) is 0.265. The van der Waals surface area contributed by atoms with Gasteiger partial charge in [0.05, 0.1) is 4.90 Å². The molecule has 0 atom stereocenters. The van der Waals surface area contributed by atoms with E-state index >= 15 is 0 Å². The Morgan fingerprint density at radius 1 is 0.844 bits per heavy atom. The summed E-state index contributed by atoms with van der Waals surface area (Å²) in [4.78, 5) is 0.488. The van der Waals surface area contributed by atoms with Gasteiger partial charge >= 0.3 is 0 Å². The molecule has 0 unspecified atom stereocenters. The topological polar surface area (TPSA) is 58.2 Å².